The van der Waals surface area contributed by atoms with Gasteiger partial charge in [0, 0.05) is 10.9 Å². The van der Waals surface area contributed by atoms with Crippen molar-refractivity contribution in [1.29, 1.82) is 0 Å². The fourth-order valence-corrected chi connectivity index (χ4v) is 2.29. The highest BCUT2D eigenvalue weighted by atomic mass is 16.4. The smallest absolute Gasteiger partial charge is 0.371 e. The summed E-state index contributed by atoms with van der Waals surface area (Å²) in [5.41, 5.74) is 0.882. The average Bonchev–Trinajstić information content (AvgIpc) is 3.05. The molecule has 0 fully saturated rings. The second-order valence-electron chi connectivity index (χ2n) is 4.55. The Morgan fingerprint density at radius 1 is 1.05 bits per heavy atom. The van der Waals surface area contributed by atoms with E-state index in [0.29, 0.717) is 5.76 Å². The predicted octanol–water partition coefficient (Wildman–Crippen LogP) is 2.68. The summed E-state index contributed by atoms with van der Waals surface area (Å²) >= 11 is 0. The first-order valence-corrected chi connectivity index (χ1v) is 6.20. The van der Waals surface area contributed by atoms with Gasteiger partial charge in [0.25, 0.3) is 0 Å². The molecule has 2 N–H and O–H groups in total. The summed E-state index contributed by atoms with van der Waals surface area (Å²) < 4.78 is 6.77. The van der Waals surface area contributed by atoms with Crippen molar-refractivity contribution in [1.82, 2.24) is 4.57 Å². The van der Waals surface area contributed by atoms with E-state index in [4.69, 9.17) is 9.52 Å². The maximum absolute atomic E-state index is 11.3. The number of benzene rings is 1. The van der Waals surface area contributed by atoms with E-state index in [2.05, 4.69) is 0 Å². The van der Waals surface area contributed by atoms with Gasteiger partial charge >= 0.3 is 11.9 Å². The molecular weight excluding hydrogens is 274 g/mol. The molecule has 0 amide bonds. The number of rotatable bonds is 4. The number of fused-ring (bicyclic) bond motifs is 1. The number of nitrogens with zero attached hydrogens (tertiary/aromatic N) is 1. The normalized spacial score (nSPS) is 10.9. The van der Waals surface area contributed by atoms with Crippen LogP contribution in [0, 0.1) is 0 Å². The maximum Gasteiger partial charge on any atom is 0.371 e. The minimum absolute atomic E-state index is 0.129. The summed E-state index contributed by atoms with van der Waals surface area (Å²) in [5.74, 6) is -1.98. The average molecular weight is 285 g/mol. The lowest BCUT2D eigenvalue weighted by Gasteiger charge is -2.06. The molecule has 0 radical (unpaired) electrons. The first-order chi connectivity index (χ1) is 10.1. The Morgan fingerprint density at radius 3 is 2.48 bits per heavy atom. The molecule has 0 aliphatic carbocycles. The van der Waals surface area contributed by atoms with Crippen molar-refractivity contribution < 1.29 is 24.2 Å². The highest BCUT2D eigenvalue weighted by Crippen LogP contribution is 2.22. The molecule has 0 unspecified atom stereocenters. The lowest BCUT2D eigenvalue weighted by molar-refractivity contribution is 0.0654. The van der Waals surface area contributed by atoms with E-state index >= 15 is 0 Å². The monoisotopic (exact) mass is 285 g/mol. The molecule has 21 heavy (non-hydrogen) atoms. The van der Waals surface area contributed by atoms with E-state index in [1.807, 2.05) is 24.3 Å². The zero-order chi connectivity index (χ0) is 15.0. The van der Waals surface area contributed by atoms with E-state index < -0.39 is 11.9 Å². The van der Waals surface area contributed by atoms with Gasteiger partial charge in [-0.15, -0.1) is 0 Å². The van der Waals surface area contributed by atoms with Gasteiger partial charge in [-0.1, -0.05) is 18.2 Å². The van der Waals surface area contributed by atoms with Crippen LogP contribution < -0.4 is 0 Å². The lowest BCUT2D eigenvalue weighted by atomic mass is 10.2. The van der Waals surface area contributed by atoms with Crippen molar-refractivity contribution in [3.63, 3.8) is 0 Å². The molecule has 0 bridgehead atoms. The van der Waals surface area contributed by atoms with Gasteiger partial charge in [-0.2, -0.15) is 0 Å². The Morgan fingerprint density at radius 2 is 1.81 bits per heavy atom. The maximum atomic E-state index is 11.3. The number of hydrogen-bond acceptors (Lipinski definition) is 3. The van der Waals surface area contributed by atoms with Gasteiger partial charge in [0.1, 0.15) is 11.5 Å². The van der Waals surface area contributed by atoms with Crippen molar-refractivity contribution in [3.05, 3.63) is 59.7 Å². The third-order valence-corrected chi connectivity index (χ3v) is 3.22. The SMILES string of the molecule is O=C(O)c1ccc(Cn2c(C(=O)O)cc3ccccc32)o1. The summed E-state index contributed by atoms with van der Waals surface area (Å²) in [7, 11) is 0. The molecule has 0 saturated heterocycles. The molecule has 0 aliphatic rings. The Balaban J connectivity index is 2.07. The van der Waals surface area contributed by atoms with Crippen molar-refractivity contribution >= 4 is 22.8 Å². The first-order valence-electron chi connectivity index (χ1n) is 6.20. The van der Waals surface area contributed by atoms with Crippen LogP contribution in [0.1, 0.15) is 26.8 Å². The number of aromatic nitrogens is 1. The molecule has 3 aromatic rings. The van der Waals surface area contributed by atoms with Crippen LogP contribution in [0.15, 0.2) is 46.9 Å². The summed E-state index contributed by atoms with van der Waals surface area (Å²) in [6.45, 7) is 0.155. The Kier molecular flexibility index (Phi) is 2.98. The van der Waals surface area contributed by atoms with Crippen molar-refractivity contribution in [3.8, 4) is 0 Å². The van der Waals surface area contributed by atoms with Crippen LogP contribution in [0.4, 0.5) is 0 Å². The van der Waals surface area contributed by atoms with Gasteiger partial charge in [-0.05, 0) is 24.3 Å². The van der Waals surface area contributed by atoms with Gasteiger partial charge in [0.05, 0.1) is 6.54 Å². The number of carbonyl (C=O) groups is 2. The van der Waals surface area contributed by atoms with Crippen LogP contribution in [-0.4, -0.2) is 26.7 Å². The molecule has 2 heterocycles. The highest BCUT2D eigenvalue weighted by molar-refractivity contribution is 5.94. The molecule has 0 atom stereocenters. The molecule has 106 valence electrons. The number of carboxylic acid groups (broad SMARTS) is 2. The topological polar surface area (TPSA) is 92.7 Å². The Bertz CT molecular complexity index is 843. The highest BCUT2D eigenvalue weighted by Gasteiger charge is 2.16. The minimum atomic E-state index is -1.16. The summed E-state index contributed by atoms with van der Waals surface area (Å²) in [6, 6.07) is 11.7. The van der Waals surface area contributed by atoms with Crippen LogP contribution in [0.5, 0.6) is 0 Å². The second kappa shape index (κ2) is 4.82. The second-order valence-corrected chi connectivity index (χ2v) is 4.55. The minimum Gasteiger partial charge on any atom is -0.477 e. The number of hydrogen-bond donors (Lipinski definition) is 2. The van der Waals surface area contributed by atoms with Crippen LogP contribution in [-0.2, 0) is 6.54 Å². The van der Waals surface area contributed by atoms with Gasteiger partial charge in [0.15, 0.2) is 0 Å². The van der Waals surface area contributed by atoms with Crippen LogP contribution >= 0.6 is 0 Å². The van der Waals surface area contributed by atoms with Crippen LogP contribution in [0.25, 0.3) is 10.9 Å². The molecule has 2 aromatic heterocycles. The third kappa shape index (κ3) is 2.27. The molecule has 0 spiro atoms. The van der Waals surface area contributed by atoms with E-state index in [0.717, 1.165) is 10.9 Å². The quantitative estimate of drug-likeness (QED) is 0.768. The summed E-state index contributed by atoms with van der Waals surface area (Å²) in [4.78, 5) is 22.2. The number of carboxylic acids is 2. The van der Waals surface area contributed by atoms with Gasteiger partial charge in [-0.25, -0.2) is 9.59 Å². The Hall–Kier alpha value is -3.02. The van der Waals surface area contributed by atoms with Gasteiger partial charge in [0.2, 0.25) is 5.76 Å². The third-order valence-electron chi connectivity index (χ3n) is 3.22. The first kappa shape index (κ1) is 13.0. The number of aromatic carboxylic acids is 2. The van der Waals surface area contributed by atoms with Crippen molar-refractivity contribution in [2.24, 2.45) is 0 Å². The molecule has 0 aliphatic heterocycles. The summed E-state index contributed by atoms with van der Waals surface area (Å²) in [6.07, 6.45) is 0. The molecule has 3 rings (SSSR count). The summed E-state index contributed by atoms with van der Waals surface area (Å²) in [5, 5.41) is 18.9. The van der Waals surface area contributed by atoms with Crippen molar-refractivity contribution in [2.45, 2.75) is 6.54 Å². The van der Waals surface area contributed by atoms with E-state index in [1.165, 1.54) is 12.1 Å². The fourth-order valence-electron chi connectivity index (χ4n) is 2.29. The van der Waals surface area contributed by atoms with Gasteiger partial charge < -0.3 is 19.2 Å². The molecule has 6 heteroatoms. The lowest BCUT2D eigenvalue weighted by Crippen LogP contribution is -2.08. The number of furan rings is 1. The zero-order valence-corrected chi connectivity index (χ0v) is 10.8. The fraction of sp³-hybridized carbons (Fsp3) is 0.0667. The predicted molar refractivity (Wildman–Crippen MR) is 73.7 cm³/mol. The molecule has 1 aromatic carbocycles. The largest absolute Gasteiger partial charge is 0.477 e. The zero-order valence-electron chi connectivity index (χ0n) is 10.8. The standard InChI is InChI=1S/C15H11NO5/c17-14(18)12-7-9-3-1-2-4-11(9)16(12)8-10-5-6-13(21-10)15(19)20/h1-7H,8H2,(H,17,18)(H,19,20). The van der Waals surface area contributed by atoms with E-state index in [1.54, 1.807) is 10.6 Å². The van der Waals surface area contributed by atoms with E-state index in [9.17, 15) is 14.7 Å². The Labute approximate surface area is 118 Å². The molecule has 0 saturated carbocycles. The van der Waals surface area contributed by atoms with E-state index in [-0.39, 0.29) is 18.0 Å². The van der Waals surface area contributed by atoms with Gasteiger partial charge in [-0.3, -0.25) is 0 Å². The van der Waals surface area contributed by atoms with Crippen LogP contribution in [0.3, 0.4) is 0 Å². The van der Waals surface area contributed by atoms with Crippen LogP contribution in [0.2, 0.25) is 0 Å². The van der Waals surface area contributed by atoms with Crippen molar-refractivity contribution in [2.75, 3.05) is 0 Å². The molecule has 6 nitrogen and oxygen atoms in total. The number of para-hydroxylation sites is 1. The molecular formula is C15H11NO5.